The molecule has 0 rings (SSSR count). The Morgan fingerprint density at radius 2 is 1.09 bits per heavy atom. The first-order valence-corrected chi connectivity index (χ1v) is 3.08. The lowest BCUT2D eigenvalue weighted by Gasteiger charge is -2.11. The number of nitrogens with zero attached hydrogens (tertiary/aromatic N) is 1. The molecule has 0 amide bonds. The standard InChI is InChI=1S/C2F7NS/c3-1(4,5)11(10-9)2(6,7)8. The number of halogens is 7. The Labute approximate surface area is 58.2 Å². The summed E-state index contributed by atoms with van der Waals surface area (Å²) in [6.45, 7) is 0. The van der Waals surface area contributed by atoms with E-state index in [2.05, 4.69) is 0 Å². The Hall–Kier alpha value is -0.340. The summed E-state index contributed by atoms with van der Waals surface area (Å²) in [6, 6.07) is 0. The van der Waals surface area contributed by atoms with E-state index in [4.69, 9.17) is 0 Å². The lowest BCUT2D eigenvalue weighted by Crippen LogP contribution is -2.29. The molecule has 0 spiro atoms. The van der Waals surface area contributed by atoms with Crippen molar-refractivity contribution in [3.05, 3.63) is 0 Å². The summed E-state index contributed by atoms with van der Waals surface area (Å²) in [6.07, 6.45) is 0. The molecule has 0 bridgehead atoms. The summed E-state index contributed by atoms with van der Waals surface area (Å²) in [5, 5.41) is 0. The van der Waals surface area contributed by atoms with Crippen molar-refractivity contribution in [1.82, 2.24) is 0 Å². The molecule has 0 aliphatic rings. The number of rotatable bonds is 0. The van der Waals surface area contributed by atoms with Gasteiger partial charge >= 0.3 is 11.0 Å². The van der Waals surface area contributed by atoms with E-state index in [1.54, 1.807) is 0 Å². The summed E-state index contributed by atoms with van der Waals surface area (Å²) < 4.78 is 78.6. The van der Waals surface area contributed by atoms with Crippen molar-refractivity contribution in [2.45, 2.75) is 11.0 Å². The monoisotopic (exact) mass is 203 g/mol. The summed E-state index contributed by atoms with van der Waals surface area (Å²) in [5.74, 6) is 0. The van der Waals surface area contributed by atoms with E-state index in [0.29, 0.717) is 4.58 Å². The molecule has 0 unspecified atom stereocenters. The maximum Gasteiger partial charge on any atom is 0.463 e. The van der Waals surface area contributed by atoms with Crippen LogP contribution in [0.1, 0.15) is 0 Å². The third-order valence-electron chi connectivity index (χ3n) is 0.507. The van der Waals surface area contributed by atoms with E-state index in [1.165, 1.54) is 0 Å². The van der Waals surface area contributed by atoms with Gasteiger partial charge < -0.3 is 0 Å². The summed E-state index contributed by atoms with van der Waals surface area (Å²) >= 11 is 0. The van der Waals surface area contributed by atoms with Crippen molar-refractivity contribution in [3.63, 3.8) is 0 Å². The molecule has 0 aromatic carbocycles. The molecule has 0 aliphatic carbocycles. The Kier molecular flexibility index (Phi) is 2.86. The molecule has 0 atom stereocenters. The largest absolute Gasteiger partial charge is 0.463 e. The van der Waals surface area contributed by atoms with Crippen LogP contribution >= 0.6 is 0 Å². The zero-order valence-electron chi connectivity index (χ0n) is 4.50. The van der Waals surface area contributed by atoms with Crippen molar-refractivity contribution in [1.29, 1.82) is 0 Å². The number of alkyl halides is 6. The van der Waals surface area contributed by atoms with Crippen LogP contribution in [0.15, 0.2) is 4.58 Å². The summed E-state index contributed by atoms with van der Waals surface area (Å²) in [4.78, 5) is 0. The minimum Gasteiger partial charge on any atom is -0.159 e. The topological polar surface area (TPSA) is 12.4 Å². The molecule has 0 radical (unpaired) electrons. The number of hydrogen-bond acceptors (Lipinski definition) is 1. The maximum absolute atomic E-state index is 11.2. The van der Waals surface area contributed by atoms with E-state index in [-0.39, 0.29) is 0 Å². The van der Waals surface area contributed by atoms with E-state index in [0.717, 1.165) is 0 Å². The third-order valence-corrected chi connectivity index (χ3v) is 1.52. The normalized spacial score (nSPS) is 13.8. The first-order valence-electron chi connectivity index (χ1n) is 1.89. The third kappa shape index (κ3) is 3.04. The fourth-order valence-electron chi connectivity index (χ4n) is 0.209. The molecule has 68 valence electrons. The molecule has 0 aliphatic heterocycles. The molecule has 0 heterocycles. The quantitative estimate of drug-likeness (QED) is 0.536. The van der Waals surface area contributed by atoms with Crippen LogP contribution < -0.4 is 0 Å². The fraction of sp³-hybridized carbons (Fsp3) is 1.00. The minimum atomic E-state index is -5.69. The molecule has 0 saturated carbocycles. The van der Waals surface area contributed by atoms with Crippen molar-refractivity contribution in [2.24, 2.45) is 4.58 Å². The molecule has 1 nitrogen and oxygen atoms in total. The van der Waals surface area contributed by atoms with Gasteiger partial charge in [0.2, 0.25) is 0 Å². The van der Waals surface area contributed by atoms with Crippen LogP contribution in [-0.4, -0.2) is 11.0 Å². The highest BCUT2D eigenvalue weighted by Crippen LogP contribution is 2.35. The van der Waals surface area contributed by atoms with Crippen molar-refractivity contribution >= 4 is 10.7 Å². The first-order chi connectivity index (χ1) is 4.69. The average molecular weight is 203 g/mol. The number of hydrogen-bond donors (Lipinski definition) is 0. The Bertz CT molecular complexity index is 148. The lowest BCUT2D eigenvalue weighted by atomic mass is 11.5. The smallest absolute Gasteiger partial charge is 0.159 e. The highest BCUT2D eigenvalue weighted by atomic mass is 32.2. The van der Waals surface area contributed by atoms with Crippen LogP contribution in [-0.2, 0) is 10.7 Å². The SMILES string of the molecule is FN=S(C(F)(F)F)C(F)(F)F. The Balaban J connectivity index is 4.74. The Morgan fingerprint density at radius 1 is 0.818 bits per heavy atom. The van der Waals surface area contributed by atoms with Crippen molar-refractivity contribution in [2.75, 3.05) is 0 Å². The average Bonchev–Trinajstić information content (AvgIpc) is 1.56. The second-order valence-corrected chi connectivity index (χ2v) is 2.88. The van der Waals surface area contributed by atoms with Crippen molar-refractivity contribution in [3.8, 4) is 0 Å². The molecular weight excluding hydrogens is 203 g/mol. The van der Waals surface area contributed by atoms with Gasteiger partial charge in [-0.05, 0) is 4.58 Å². The minimum absolute atomic E-state index is 0.708. The zero-order chi connectivity index (χ0) is 9.28. The Morgan fingerprint density at radius 3 is 1.09 bits per heavy atom. The molecule has 11 heavy (non-hydrogen) atoms. The van der Waals surface area contributed by atoms with Crippen LogP contribution in [0.4, 0.5) is 30.8 Å². The van der Waals surface area contributed by atoms with Crippen LogP contribution in [0.2, 0.25) is 0 Å². The lowest BCUT2D eigenvalue weighted by molar-refractivity contribution is -0.0757. The highest BCUT2D eigenvalue weighted by molar-refractivity contribution is 7.88. The zero-order valence-corrected chi connectivity index (χ0v) is 5.32. The van der Waals surface area contributed by atoms with Crippen LogP contribution in [0.25, 0.3) is 0 Å². The van der Waals surface area contributed by atoms with Crippen molar-refractivity contribution < 1.29 is 30.8 Å². The predicted molar refractivity (Wildman–Crippen MR) is 23.0 cm³/mol. The van der Waals surface area contributed by atoms with Gasteiger partial charge in [0, 0.05) is 0 Å². The molecule has 0 aromatic heterocycles. The maximum atomic E-state index is 11.2. The first kappa shape index (κ1) is 10.7. The van der Waals surface area contributed by atoms with Gasteiger partial charge in [0.1, 0.15) is 10.7 Å². The van der Waals surface area contributed by atoms with Gasteiger partial charge in [0.15, 0.2) is 0 Å². The van der Waals surface area contributed by atoms with E-state index in [1.807, 2.05) is 0 Å². The molecular formula is C2F7NS. The molecule has 0 N–H and O–H groups in total. The van der Waals surface area contributed by atoms with Gasteiger partial charge in [-0.3, -0.25) is 0 Å². The van der Waals surface area contributed by atoms with Gasteiger partial charge in [-0.1, -0.05) is 4.48 Å². The van der Waals surface area contributed by atoms with Gasteiger partial charge in [-0.2, -0.15) is 26.3 Å². The van der Waals surface area contributed by atoms with Crippen LogP contribution in [0.5, 0.6) is 0 Å². The van der Waals surface area contributed by atoms with E-state index < -0.39 is 21.7 Å². The van der Waals surface area contributed by atoms with Gasteiger partial charge in [0.25, 0.3) is 0 Å². The summed E-state index contributed by atoms with van der Waals surface area (Å²) in [5.41, 5.74) is -11.4. The highest BCUT2D eigenvalue weighted by Gasteiger charge is 2.52. The molecule has 9 heteroatoms. The van der Waals surface area contributed by atoms with Crippen LogP contribution in [0, 0.1) is 0 Å². The predicted octanol–water partition coefficient (Wildman–Crippen LogP) is 2.71. The van der Waals surface area contributed by atoms with Gasteiger partial charge in [0.05, 0.1) is 0 Å². The molecule has 0 fully saturated rings. The second kappa shape index (κ2) is 2.95. The molecule has 0 aromatic rings. The summed E-state index contributed by atoms with van der Waals surface area (Å²) in [7, 11) is -4.51. The van der Waals surface area contributed by atoms with Gasteiger partial charge in [-0.15, -0.1) is 0 Å². The van der Waals surface area contributed by atoms with E-state index >= 15 is 0 Å². The second-order valence-electron chi connectivity index (χ2n) is 1.25. The molecule has 0 saturated heterocycles. The van der Waals surface area contributed by atoms with E-state index in [9.17, 15) is 30.8 Å². The van der Waals surface area contributed by atoms with Gasteiger partial charge in [-0.25, -0.2) is 0 Å². The fourth-order valence-corrected chi connectivity index (χ4v) is 0.628. The van der Waals surface area contributed by atoms with Crippen LogP contribution in [0.3, 0.4) is 0 Å².